The molecule has 30 heavy (non-hydrogen) atoms. The fourth-order valence-electron chi connectivity index (χ4n) is 4.25. The van der Waals surface area contributed by atoms with Gasteiger partial charge >= 0.3 is 0 Å². The molecular formula is C25H27NO3S. The van der Waals surface area contributed by atoms with E-state index in [1.807, 2.05) is 44.4 Å². The first-order valence-corrected chi connectivity index (χ1v) is 11.5. The average molecular weight is 422 g/mol. The Morgan fingerprint density at radius 2 is 2.03 bits per heavy atom. The number of furan rings is 1. The summed E-state index contributed by atoms with van der Waals surface area (Å²) in [5.74, 6) is 1.71. The molecule has 0 atom stereocenters. The topological polar surface area (TPSA) is 51.5 Å². The molecule has 3 aromatic rings. The van der Waals surface area contributed by atoms with E-state index in [2.05, 4.69) is 11.4 Å². The Hall–Kier alpha value is -2.66. The molecule has 0 saturated heterocycles. The number of hydrogen-bond acceptors (Lipinski definition) is 4. The van der Waals surface area contributed by atoms with E-state index in [0.29, 0.717) is 0 Å². The van der Waals surface area contributed by atoms with Crippen molar-refractivity contribution < 1.29 is 13.9 Å². The Morgan fingerprint density at radius 3 is 2.80 bits per heavy atom. The molecule has 1 heterocycles. The van der Waals surface area contributed by atoms with Gasteiger partial charge in [0.15, 0.2) is 0 Å². The second-order valence-corrected chi connectivity index (χ2v) is 8.60. The van der Waals surface area contributed by atoms with E-state index in [-0.39, 0.29) is 5.91 Å². The second-order valence-electron chi connectivity index (χ2n) is 7.72. The summed E-state index contributed by atoms with van der Waals surface area (Å²) in [4.78, 5) is 13.8. The predicted octanol–water partition coefficient (Wildman–Crippen LogP) is 6.39. The molecule has 0 fully saturated rings. The van der Waals surface area contributed by atoms with Crippen LogP contribution < -0.4 is 10.1 Å². The third-order valence-corrected chi connectivity index (χ3v) is 6.47. The van der Waals surface area contributed by atoms with E-state index in [1.165, 1.54) is 18.4 Å². The molecule has 1 aliphatic rings. The molecule has 0 aliphatic heterocycles. The van der Waals surface area contributed by atoms with Crippen molar-refractivity contribution >= 4 is 39.9 Å². The molecule has 0 radical (unpaired) electrons. The maximum atomic E-state index is 12.7. The summed E-state index contributed by atoms with van der Waals surface area (Å²) in [6.45, 7) is 3.98. The molecule has 0 spiro atoms. The largest absolute Gasteiger partial charge is 0.496 e. The van der Waals surface area contributed by atoms with Crippen molar-refractivity contribution in [2.24, 2.45) is 0 Å². The molecular weight excluding hydrogens is 394 g/mol. The van der Waals surface area contributed by atoms with Crippen molar-refractivity contribution in [3.05, 3.63) is 58.9 Å². The van der Waals surface area contributed by atoms with Crippen LogP contribution >= 0.6 is 11.8 Å². The molecule has 0 bridgehead atoms. The molecule has 5 heteroatoms. The second kappa shape index (κ2) is 8.60. The minimum atomic E-state index is -0.153. The molecule has 1 N–H and O–H groups in total. The van der Waals surface area contributed by atoms with E-state index >= 15 is 0 Å². The normalized spacial score (nSPS) is 13.9. The Labute approximate surface area is 181 Å². The minimum Gasteiger partial charge on any atom is -0.496 e. The first kappa shape index (κ1) is 20.6. The van der Waals surface area contributed by atoms with E-state index in [1.54, 1.807) is 24.9 Å². The average Bonchev–Trinajstić information content (AvgIpc) is 3.12. The molecule has 0 saturated carbocycles. The van der Waals surface area contributed by atoms with Crippen LogP contribution in [0.15, 0.2) is 45.7 Å². The fourth-order valence-corrected chi connectivity index (χ4v) is 4.71. The van der Waals surface area contributed by atoms with Crippen molar-refractivity contribution in [2.75, 3.05) is 18.7 Å². The molecule has 1 aliphatic carbocycles. The smallest absolute Gasteiger partial charge is 0.248 e. The zero-order valence-corrected chi connectivity index (χ0v) is 18.7. The molecule has 4 nitrogen and oxygen atoms in total. The number of fused-ring (bicyclic) bond motifs is 3. The number of carbonyl (C=O) groups excluding carboxylic acids is 1. The van der Waals surface area contributed by atoms with Crippen molar-refractivity contribution in [2.45, 2.75) is 44.4 Å². The summed E-state index contributed by atoms with van der Waals surface area (Å²) in [7, 11) is 1.67. The van der Waals surface area contributed by atoms with Crippen LogP contribution in [0.3, 0.4) is 0 Å². The van der Waals surface area contributed by atoms with Crippen LogP contribution in [0.25, 0.3) is 16.5 Å². The van der Waals surface area contributed by atoms with E-state index in [0.717, 1.165) is 62.6 Å². The third-order valence-electron chi connectivity index (χ3n) is 5.74. The van der Waals surface area contributed by atoms with Crippen LogP contribution in [-0.4, -0.2) is 19.3 Å². The quantitative estimate of drug-likeness (QED) is 0.383. The SMILES string of the molecule is COc1c(/C(C)=C/C(=O)Nc2cccc(SC)c2)cc2c3c(oc2c1C)CCCC3. The van der Waals surface area contributed by atoms with E-state index < -0.39 is 0 Å². The van der Waals surface area contributed by atoms with Crippen molar-refractivity contribution in [1.29, 1.82) is 0 Å². The Balaban J connectivity index is 1.70. The summed E-state index contributed by atoms with van der Waals surface area (Å²) in [6.07, 6.45) is 8.06. The van der Waals surface area contributed by atoms with Crippen LogP contribution in [0, 0.1) is 6.92 Å². The van der Waals surface area contributed by atoms with Gasteiger partial charge in [0.2, 0.25) is 5.91 Å². The predicted molar refractivity (Wildman–Crippen MR) is 125 cm³/mol. The first-order chi connectivity index (χ1) is 14.5. The van der Waals surface area contributed by atoms with E-state index in [9.17, 15) is 4.79 Å². The van der Waals surface area contributed by atoms with Crippen LogP contribution in [0.4, 0.5) is 5.69 Å². The van der Waals surface area contributed by atoms with Gasteiger partial charge in [0.1, 0.15) is 17.1 Å². The van der Waals surface area contributed by atoms with E-state index in [4.69, 9.17) is 9.15 Å². The zero-order valence-electron chi connectivity index (χ0n) is 17.9. The van der Waals surface area contributed by atoms with Gasteiger partial charge in [-0.25, -0.2) is 0 Å². The highest BCUT2D eigenvalue weighted by atomic mass is 32.2. The molecule has 156 valence electrons. The highest BCUT2D eigenvalue weighted by Gasteiger charge is 2.23. The van der Waals surface area contributed by atoms with Crippen LogP contribution in [0.5, 0.6) is 5.75 Å². The van der Waals surface area contributed by atoms with Gasteiger partial charge in [0.05, 0.1) is 7.11 Å². The van der Waals surface area contributed by atoms with Crippen LogP contribution in [-0.2, 0) is 17.6 Å². The van der Waals surface area contributed by atoms with Crippen molar-refractivity contribution in [3.8, 4) is 5.75 Å². The van der Waals surface area contributed by atoms with Gasteiger partial charge in [0.25, 0.3) is 0 Å². The van der Waals surface area contributed by atoms with Gasteiger partial charge in [-0.2, -0.15) is 0 Å². The number of benzene rings is 2. The standard InChI is InChI=1S/C25H27NO3S/c1-15(12-23(27)26-17-8-7-9-18(13-17)30-4)20-14-21-19-10-5-6-11-22(19)29-25(21)16(2)24(20)28-3/h7-9,12-14H,5-6,10-11H2,1-4H3,(H,26,27)/b15-12+. The van der Waals surface area contributed by atoms with Gasteiger partial charge < -0.3 is 14.5 Å². The maximum Gasteiger partial charge on any atom is 0.248 e. The van der Waals surface area contributed by atoms with Gasteiger partial charge in [-0.1, -0.05) is 6.07 Å². The Bertz CT molecular complexity index is 1140. The van der Waals surface area contributed by atoms with Crippen LogP contribution in [0.1, 0.15) is 42.2 Å². The number of anilines is 1. The number of methoxy groups -OCH3 is 1. The number of allylic oxidation sites excluding steroid dienone is 1. The summed E-state index contributed by atoms with van der Waals surface area (Å²) >= 11 is 1.65. The lowest BCUT2D eigenvalue weighted by molar-refractivity contribution is -0.111. The monoisotopic (exact) mass is 421 g/mol. The Morgan fingerprint density at radius 1 is 1.23 bits per heavy atom. The highest BCUT2D eigenvalue weighted by Crippen LogP contribution is 2.41. The molecule has 0 unspecified atom stereocenters. The number of aryl methyl sites for hydroxylation is 3. The van der Waals surface area contributed by atoms with Gasteiger partial charge in [0, 0.05) is 45.2 Å². The molecule has 1 aromatic heterocycles. The molecule has 2 aromatic carbocycles. The lowest BCUT2D eigenvalue weighted by Gasteiger charge is -2.13. The number of amides is 1. The zero-order chi connectivity index (χ0) is 21.3. The fraction of sp³-hybridized carbons (Fsp3) is 0.320. The first-order valence-electron chi connectivity index (χ1n) is 10.3. The van der Waals surface area contributed by atoms with Gasteiger partial charge in [-0.3, -0.25) is 4.79 Å². The summed E-state index contributed by atoms with van der Waals surface area (Å²) in [5.41, 5.74) is 5.80. The van der Waals surface area contributed by atoms with Crippen LogP contribution in [0.2, 0.25) is 0 Å². The lowest BCUT2D eigenvalue weighted by Crippen LogP contribution is -2.08. The number of thioether (sulfide) groups is 1. The number of hydrogen-bond donors (Lipinski definition) is 1. The summed E-state index contributed by atoms with van der Waals surface area (Å²) in [6, 6.07) is 9.97. The number of ether oxygens (including phenoxy) is 1. The van der Waals surface area contributed by atoms with Gasteiger partial charge in [-0.05, 0) is 69.2 Å². The van der Waals surface area contributed by atoms with Crippen molar-refractivity contribution in [3.63, 3.8) is 0 Å². The number of nitrogens with one attached hydrogen (secondary N) is 1. The maximum absolute atomic E-state index is 12.7. The minimum absolute atomic E-state index is 0.153. The van der Waals surface area contributed by atoms with Gasteiger partial charge in [-0.15, -0.1) is 11.8 Å². The van der Waals surface area contributed by atoms with Crippen molar-refractivity contribution in [1.82, 2.24) is 0 Å². The summed E-state index contributed by atoms with van der Waals surface area (Å²) in [5, 5.41) is 4.12. The Kier molecular flexibility index (Phi) is 5.91. The molecule has 1 amide bonds. The number of carbonyl (C=O) groups is 1. The third kappa shape index (κ3) is 3.86. The lowest BCUT2D eigenvalue weighted by atomic mass is 9.93. The number of rotatable bonds is 5. The highest BCUT2D eigenvalue weighted by molar-refractivity contribution is 7.98. The summed E-state index contributed by atoms with van der Waals surface area (Å²) < 4.78 is 11.9. The molecule has 4 rings (SSSR count).